The Hall–Kier alpha value is -1.91. The van der Waals surface area contributed by atoms with E-state index in [1.165, 1.54) is 34.4 Å². The molecule has 0 aromatic carbocycles. The first-order valence-corrected chi connectivity index (χ1v) is 12.0. The summed E-state index contributed by atoms with van der Waals surface area (Å²) in [5.41, 5.74) is 7.67. The summed E-state index contributed by atoms with van der Waals surface area (Å²) in [6.45, 7) is 4.28. The molecule has 2 heterocycles. The second kappa shape index (κ2) is 9.73. The Labute approximate surface area is 181 Å². The molecule has 7 nitrogen and oxygen atoms in total. The standard InChI is InChI=1S/C19H23N3O4S3/c1-3-26-15(24)7-11-8-27-19(21-11)28-9-14(23)22-18-16(17(20)25)12-5-4-10(2)6-13(12)29-18/h8,10H,3-7,9H2,1-2H3,(H2,20,25)(H,22,23)/t10-/m1/s1. The summed E-state index contributed by atoms with van der Waals surface area (Å²) in [6, 6.07) is 0. The third-order valence-corrected chi connectivity index (χ3v) is 7.74. The number of thioether (sulfide) groups is 1. The van der Waals surface area contributed by atoms with Crippen LogP contribution in [0.25, 0.3) is 0 Å². The molecule has 1 atom stereocenters. The third kappa shape index (κ3) is 5.58. The van der Waals surface area contributed by atoms with Crippen LogP contribution < -0.4 is 11.1 Å². The number of amides is 2. The molecule has 29 heavy (non-hydrogen) atoms. The van der Waals surface area contributed by atoms with Crippen LogP contribution in [0.4, 0.5) is 5.00 Å². The maximum Gasteiger partial charge on any atom is 0.311 e. The number of fused-ring (bicyclic) bond motifs is 1. The summed E-state index contributed by atoms with van der Waals surface area (Å²) < 4.78 is 5.61. The van der Waals surface area contributed by atoms with E-state index < -0.39 is 5.91 Å². The van der Waals surface area contributed by atoms with Gasteiger partial charge in [0.1, 0.15) is 5.00 Å². The zero-order valence-electron chi connectivity index (χ0n) is 16.3. The third-order valence-electron chi connectivity index (χ3n) is 4.50. The van der Waals surface area contributed by atoms with Gasteiger partial charge in [-0.2, -0.15) is 0 Å². The summed E-state index contributed by atoms with van der Waals surface area (Å²) >= 11 is 4.12. The van der Waals surface area contributed by atoms with Crippen molar-refractivity contribution < 1.29 is 19.1 Å². The number of nitrogens with zero attached hydrogens (tertiary/aromatic N) is 1. The molecule has 10 heteroatoms. The van der Waals surface area contributed by atoms with Crippen molar-refractivity contribution >= 4 is 57.2 Å². The van der Waals surface area contributed by atoms with E-state index in [1.54, 1.807) is 12.3 Å². The SMILES string of the molecule is CCOC(=O)Cc1csc(SCC(=O)Nc2sc3c(c2C(N)=O)CC[C@@H](C)C3)n1. The van der Waals surface area contributed by atoms with Crippen LogP contribution in [-0.2, 0) is 33.6 Å². The summed E-state index contributed by atoms with van der Waals surface area (Å²) in [6.07, 6.45) is 2.87. The number of carbonyl (C=O) groups excluding carboxylic acids is 3. The lowest BCUT2D eigenvalue weighted by Crippen LogP contribution is -2.20. The number of thiazole rings is 1. The Kier molecular flexibility index (Phi) is 7.31. The fourth-order valence-electron chi connectivity index (χ4n) is 3.19. The number of primary amides is 1. The molecule has 0 radical (unpaired) electrons. The van der Waals surface area contributed by atoms with Gasteiger partial charge in [-0.25, -0.2) is 4.98 Å². The number of rotatable bonds is 8. The number of esters is 1. The first kappa shape index (κ1) is 21.8. The van der Waals surface area contributed by atoms with Crippen molar-refractivity contribution in [2.45, 2.75) is 43.9 Å². The van der Waals surface area contributed by atoms with Gasteiger partial charge in [0.15, 0.2) is 4.34 Å². The molecule has 0 bridgehead atoms. The number of nitrogens with two attached hydrogens (primary N) is 1. The maximum atomic E-state index is 12.4. The van der Waals surface area contributed by atoms with E-state index in [0.717, 1.165) is 29.7 Å². The number of hydrogen-bond acceptors (Lipinski definition) is 8. The molecule has 2 aromatic rings. The molecule has 3 N–H and O–H groups in total. The molecule has 0 spiro atoms. The number of thiophene rings is 1. The van der Waals surface area contributed by atoms with E-state index in [2.05, 4.69) is 17.2 Å². The average molecular weight is 454 g/mol. The van der Waals surface area contributed by atoms with Gasteiger partial charge in [-0.15, -0.1) is 22.7 Å². The Bertz CT molecular complexity index is 922. The van der Waals surface area contributed by atoms with Crippen molar-refractivity contribution in [1.29, 1.82) is 0 Å². The molecule has 0 saturated heterocycles. The predicted octanol–water partition coefficient (Wildman–Crippen LogP) is 3.26. The topological polar surface area (TPSA) is 111 Å². The molecule has 3 rings (SSSR count). The van der Waals surface area contributed by atoms with E-state index in [9.17, 15) is 14.4 Å². The summed E-state index contributed by atoms with van der Waals surface area (Å²) in [5, 5.41) is 5.18. The second-order valence-electron chi connectivity index (χ2n) is 6.84. The van der Waals surface area contributed by atoms with Crippen LogP contribution >= 0.6 is 34.4 Å². The minimum atomic E-state index is -0.497. The minimum absolute atomic E-state index is 0.123. The smallest absolute Gasteiger partial charge is 0.311 e. The summed E-state index contributed by atoms with van der Waals surface area (Å²) in [7, 11) is 0. The van der Waals surface area contributed by atoms with Gasteiger partial charge >= 0.3 is 5.97 Å². The molecule has 2 amide bonds. The van der Waals surface area contributed by atoms with E-state index in [4.69, 9.17) is 10.5 Å². The molecule has 1 aliphatic carbocycles. The number of hydrogen-bond donors (Lipinski definition) is 2. The van der Waals surface area contributed by atoms with Gasteiger partial charge in [0, 0.05) is 10.3 Å². The molecule has 2 aromatic heterocycles. The van der Waals surface area contributed by atoms with E-state index >= 15 is 0 Å². The summed E-state index contributed by atoms with van der Waals surface area (Å²) in [5.74, 6) is -0.310. The van der Waals surface area contributed by atoms with Crippen molar-refractivity contribution in [2.75, 3.05) is 17.7 Å². The number of ether oxygens (including phenoxy) is 1. The molecule has 0 aliphatic heterocycles. The molecular formula is C19H23N3O4S3. The quantitative estimate of drug-likeness (QED) is 0.469. The minimum Gasteiger partial charge on any atom is -0.466 e. The Morgan fingerprint density at radius 1 is 1.41 bits per heavy atom. The van der Waals surface area contributed by atoms with Gasteiger partial charge < -0.3 is 15.8 Å². The molecule has 0 unspecified atom stereocenters. The van der Waals surface area contributed by atoms with Crippen LogP contribution in [0.1, 0.15) is 46.8 Å². The highest BCUT2D eigenvalue weighted by atomic mass is 32.2. The number of carbonyl (C=O) groups is 3. The van der Waals surface area contributed by atoms with Crippen molar-refractivity contribution in [3.63, 3.8) is 0 Å². The van der Waals surface area contributed by atoms with Gasteiger partial charge in [0.25, 0.3) is 5.91 Å². The van der Waals surface area contributed by atoms with Gasteiger partial charge in [0.05, 0.1) is 30.0 Å². The van der Waals surface area contributed by atoms with E-state index in [1.807, 2.05) is 0 Å². The maximum absolute atomic E-state index is 12.4. The first-order chi connectivity index (χ1) is 13.9. The van der Waals surface area contributed by atoms with Crippen LogP contribution in [0.2, 0.25) is 0 Å². The van der Waals surface area contributed by atoms with Crippen LogP contribution in [0.3, 0.4) is 0 Å². The van der Waals surface area contributed by atoms with Crippen molar-refractivity contribution in [3.8, 4) is 0 Å². The molecular weight excluding hydrogens is 430 g/mol. The fourth-order valence-corrected chi connectivity index (χ4v) is 6.26. The van der Waals surface area contributed by atoms with Gasteiger partial charge in [-0.3, -0.25) is 14.4 Å². The van der Waals surface area contributed by atoms with Crippen LogP contribution in [-0.4, -0.2) is 35.1 Å². The lowest BCUT2D eigenvalue weighted by atomic mass is 9.88. The highest BCUT2D eigenvalue weighted by Gasteiger charge is 2.27. The lowest BCUT2D eigenvalue weighted by Gasteiger charge is -2.18. The Morgan fingerprint density at radius 3 is 2.93 bits per heavy atom. The molecule has 0 saturated carbocycles. The molecule has 156 valence electrons. The highest BCUT2D eigenvalue weighted by Crippen LogP contribution is 2.39. The number of aromatic nitrogens is 1. The number of anilines is 1. The Morgan fingerprint density at radius 2 is 2.21 bits per heavy atom. The van der Waals surface area contributed by atoms with Crippen molar-refractivity contribution in [3.05, 3.63) is 27.1 Å². The van der Waals surface area contributed by atoms with Gasteiger partial charge in [0.2, 0.25) is 5.91 Å². The summed E-state index contributed by atoms with van der Waals surface area (Å²) in [4.78, 5) is 41.4. The van der Waals surface area contributed by atoms with Crippen LogP contribution in [0.15, 0.2) is 9.72 Å². The van der Waals surface area contributed by atoms with Crippen molar-refractivity contribution in [1.82, 2.24) is 4.98 Å². The first-order valence-electron chi connectivity index (χ1n) is 9.34. The van der Waals surface area contributed by atoms with Gasteiger partial charge in [-0.05, 0) is 37.7 Å². The average Bonchev–Trinajstić information content (AvgIpc) is 3.23. The highest BCUT2D eigenvalue weighted by molar-refractivity contribution is 8.01. The van der Waals surface area contributed by atoms with Crippen LogP contribution in [0, 0.1) is 5.92 Å². The lowest BCUT2D eigenvalue weighted by molar-refractivity contribution is -0.142. The van der Waals surface area contributed by atoms with Gasteiger partial charge in [-0.1, -0.05) is 18.7 Å². The fraction of sp³-hybridized carbons (Fsp3) is 0.474. The number of nitrogens with one attached hydrogen (secondary N) is 1. The normalized spacial score (nSPS) is 15.6. The molecule has 1 aliphatic rings. The largest absolute Gasteiger partial charge is 0.466 e. The monoisotopic (exact) mass is 453 g/mol. The molecule has 0 fully saturated rings. The van der Waals surface area contributed by atoms with Crippen molar-refractivity contribution in [2.24, 2.45) is 11.7 Å². The second-order valence-corrected chi connectivity index (χ2v) is 10.0. The van der Waals surface area contributed by atoms with E-state index in [0.29, 0.717) is 33.1 Å². The van der Waals surface area contributed by atoms with Crippen LogP contribution in [0.5, 0.6) is 0 Å². The predicted molar refractivity (Wildman–Crippen MR) is 116 cm³/mol. The zero-order chi connectivity index (χ0) is 21.0. The Balaban J connectivity index is 1.60. The van der Waals surface area contributed by atoms with E-state index in [-0.39, 0.29) is 24.1 Å². The zero-order valence-corrected chi connectivity index (χ0v) is 18.7.